The first-order valence-electron chi connectivity index (χ1n) is 15.3. The van der Waals surface area contributed by atoms with Crippen LogP contribution in [0.3, 0.4) is 0 Å². The highest BCUT2D eigenvalue weighted by molar-refractivity contribution is 7.92. The molecule has 0 aliphatic rings. The number of rotatable bonds is 16. The maximum absolute atomic E-state index is 14.3. The number of hydrogen-bond donors (Lipinski definition) is 1. The monoisotopic (exact) mass is 695 g/mol. The molecule has 4 aromatic carbocycles. The van der Waals surface area contributed by atoms with E-state index in [0.717, 1.165) is 34.5 Å². The summed E-state index contributed by atoms with van der Waals surface area (Å²) < 4.78 is 33.1. The Bertz CT molecular complexity index is 1720. The van der Waals surface area contributed by atoms with Crippen LogP contribution < -0.4 is 14.4 Å². The molecular formula is C36H39Cl2N3O5S. The molecule has 1 unspecified atom stereocenters. The number of carbonyl (C=O) groups excluding carboxylic acids is 2. The predicted molar refractivity (Wildman–Crippen MR) is 188 cm³/mol. The highest BCUT2D eigenvalue weighted by atomic mass is 35.5. The van der Waals surface area contributed by atoms with Gasteiger partial charge in [0.05, 0.1) is 11.9 Å². The normalized spacial score (nSPS) is 11.8. The molecule has 11 heteroatoms. The van der Waals surface area contributed by atoms with Gasteiger partial charge in [0.15, 0.2) is 0 Å². The van der Waals surface area contributed by atoms with Crippen molar-refractivity contribution in [2.24, 2.45) is 0 Å². The Morgan fingerprint density at radius 3 is 2.11 bits per heavy atom. The minimum atomic E-state index is -3.92. The first-order chi connectivity index (χ1) is 22.5. The van der Waals surface area contributed by atoms with E-state index in [0.29, 0.717) is 34.5 Å². The highest BCUT2D eigenvalue weighted by Gasteiger charge is 2.33. The van der Waals surface area contributed by atoms with Crippen LogP contribution in [0, 0.1) is 0 Å². The van der Waals surface area contributed by atoms with E-state index in [1.54, 1.807) is 42.5 Å². The third-order valence-electron chi connectivity index (χ3n) is 7.51. The predicted octanol–water partition coefficient (Wildman–Crippen LogP) is 6.89. The Balaban J connectivity index is 1.65. The van der Waals surface area contributed by atoms with Gasteiger partial charge in [0.2, 0.25) is 21.8 Å². The number of unbranched alkanes of at least 4 members (excludes halogenated alkanes) is 1. The van der Waals surface area contributed by atoms with Crippen LogP contribution >= 0.6 is 23.2 Å². The second kappa shape index (κ2) is 17.2. The fourth-order valence-corrected chi connectivity index (χ4v) is 6.27. The van der Waals surface area contributed by atoms with E-state index >= 15 is 0 Å². The van der Waals surface area contributed by atoms with E-state index in [2.05, 4.69) is 5.32 Å². The Labute approximate surface area is 287 Å². The van der Waals surface area contributed by atoms with Crippen LogP contribution in [-0.2, 0) is 39.2 Å². The molecule has 4 aromatic rings. The smallest absolute Gasteiger partial charge is 0.244 e. The summed E-state index contributed by atoms with van der Waals surface area (Å²) in [6.07, 6.45) is 2.90. The molecule has 0 radical (unpaired) electrons. The van der Waals surface area contributed by atoms with E-state index in [9.17, 15) is 18.0 Å². The minimum Gasteiger partial charge on any atom is -0.489 e. The molecule has 0 aliphatic carbocycles. The van der Waals surface area contributed by atoms with E-state index in [4.69, 9.17) is 27.9 Å². The highest BCUT2D eigenvalue weighted by Crippen LogP contribution is 2.26. The van der Waals surface area contributed by atoms with Crippen molar-refractivity contribution < 1.29 is 22.7 Å². The lowest BCUT2D eigenvalue weighted by atomic mass is 10.0. The Morgan fingerprint density at radius 2 is 1.51 bits per heavy atom. The molecule has 8 nitrogen and oxygen atoms in total. The van der Waals surface area contributed by atoms with Gasteiger partial charge in [0.1, 0.15) is 24.9 Å². The number of amides is 2. The number of carbonyl (C=O) groups is 2. The zero-order valence-electron chi connectivity index (χ0n) is 26.4. The summed E-state index contributed by atoms with van der Waals surface area (Å²) in [5.74, 6) is -0.368. The third-order valence-corrected chi connectivity index (χ3v) is 9.24. The summed E-state index contributed by atoms with van der Waals surface area (Å²) in [7, 11) is -3.92. The molecular weight excluding hydrogens is 657 g/mol. The minimum absolute atomic E-state index is 0.0442. The largest absolute Gasteiger partial charge is 0.489 e. The van der Waals surface area contributed by atoms with Gasteiger partial charge in [0, 0.05) is 29.6 Å². The number of benzene rings is 4. The molecule has 0 aliphatic heterocycles. The van der Waals surface area contributed by atoms with Crippen molar-refractivity contribution in [1.29, 1.82) is 0 Å². The van der Waals surface area contributed by atoms with E-state index in [1.165, 1.54) is 4.90 Å². The lowest BCUT2D eigenvalue weighted by molar-refractivity contribution is -0.140. The molecule has 0 fully saturated rings. The van der Waals surface area contributed by atoms with Crippen molar-refractivity contribution in [1.82, 2.24) is 10.2 Å². The van der Waals surface area contributed by atoms with Crippen LogP contribution in [0.5, 0.6) is 5.75 Å². The molecule has 0 heterocycles. The van der Waals surface area contributed by atoms with Crippen LogP contribution in [0.25, 0.3) is 0 Å². The molecule has 0 bridgehead atoms. The fraction of sp³-hybridized carbons (Fsp3) is 0.278. The van der Waals surface area contributed by atoms with E-state index in [1.807, 2.05) is 67.6 Å². The fourth-order valence-electron chi connectivity index (χ4n) is 4.96. The number of halogens is 2. The molecule has 2 amide bonds. The van der Waals surface area contributed by atoms with Gasteiger partial charge >= 0.3 is 0 Å². The number of nitrogens with one attached hydrogen (secondary N) is 1. The van der Waals surface area contributed by atoms with Gasteiger partial charge in [-0.3, -0.25) is 13.9 Å². The van der Waals surface area contributed by atoms with Crippen LogP contribution in [0.15, 0.2) is 103 Å². The summed E-state index contributed by atoms with van der Waals surface area (Å²) >= 11 is 12.7. The molecule has 0 saturated heterocycles. The molecule has 47 heavy (non-hydrogen) atoms. The third kappa shape index (κ3) is 10.7. The second-order valence-electron chi connectivity index (χ2n) is 11.1. The van der Waals surface area contributed by atoms with Crippen LogP contribution in [-0.4, -0.2) is 50.5 Å². The van der Waals surface area contributed by atoms with Crippen molar-refractivity contribution in [3.8, 4) is 5.75 Å². The maximum Gasteiger partial charge on any atom is 0.244 e. The van der Waals surface area contributed by atoms with Crippen molar-refractivity contribution in [2.45, 2.75) is 45.4 Å². The zero-order valence-corrected chi connectivity index (χ0v) is 28.8. The summed E-state index contributed by atoms with van der Waals surface area (Å²) in [5, 5.41) is 3.71. The number of nitrogens with zero attached hydrogens (tertiary/aromatic N) is 2. The van der Waals surface area contributed by atoms with Gasteiger partial charge in [-0.15, -0.1) is 0 Å². The SMILES string of the molecule is CCCCNC(=O)C(Cc1ccccc1)N(Cc1ccc(Cl)cc1Cl)C(=O)CN(c1ccc(OCc2ccccc2)cc1)S(C)(=O)=O. The van der Waals surface area contributed by atoms with Gasteiger partial charge in [-0.1, -0.05) is 103 Å². The number of hydrogen-bond acceptors (Lipinski definition) is 5. The van der Waals surface area contributed by atoms with Crippen molar-refractivity contribution >= 4 is 50.7 Å². The Hall–Kier alpha value is -4.05. The lowest BCUT2D eigenvalue weighted by Gasteiger charge is -2.33. The Kier molecular flexibility index (Phi) is 13.1. The molecule has 0 aromatic heterocycles. The second-order valence-corrected chi connectivity index (χ2v) is 13.9. The first-order valence-corrected chi connectivity index (χ1v) is 17.9. The lowest BCUT2D eigenvalue weighted by Crippen LogP contribution is -2.53. The standard InChI is InChI=1S/C36H39Cl2N3O5S/c1-3-4-21-39-36(43)34(22-27-11-7-5-8-12-27)40(24-29-15-16-30(37)23-33(29)38)35(42)25-41(47(2,44)45)31-17-19-32(20-18-31)46-26-28-13-9-6-10-14-28/h5-20,23,34H,3-4,21-22,24-26H2,1-2H3,(H,39,43). The van der Waals surface area contributed by atoms with Gasteiger partial charge in [0.25, 0.3) is 0 Å². The molecule has 1 N–H and O–H groups in total. The summed E-state index contributed by atoms with van der Waals surface area (Å²) in [4.78, 5) is 29.4. The molecule has 1 atom stereocenters. The topological polar surface area (TPSA) is 96.0 Å². The average Bonchev–Trinajstić information content (AvgIpc) is 3.06. The molecule has 0 saturated carbocycles. The van der Waals surface area contributed by atoms with Gasteiger partial charge < -0.3 is 15.0 Å². The van der Waals surface area contributed by atoms with Crippen molar-refractivity contribution in [3.63, 3.8) is 0 Å². The quantitative estimate of drug-likeness (QED) is 0.129. The number of sulfonamides is 1. The van der Waals surface area contributed by atoms with Crippen LogP contribution in [0.1, 0.15) is 36.5 Å². The van der Waals surface area contributed by atoms with Gasteiger partial charge in [-0.2, -0.15) is 0 Å². The van der Waals surface area contributed by atoms with Gasteiger partial charge in [-0.25, -0.2) is 8.42 Å². The molecule has 0 spiro atoms. The molecule has 4 rings (SSSR count). The Morgan fingerprint density at radius 1 is 0.872 bits per heavy atom. The van der Waals surface area contributed by atoms with Crippen LogP contribution in [0.2, 0.25) is 10.0 Å². The van der Waals surface area contributed by atoms with Crippen LogP contribution in [0.4, 0.5) is 5.69 Å². The number of anilines is 1. The van der Waals surface area contributed by atoms with E-state index < -0.39 is 28.5 Å². The van der Waals surface area contributed by atoms with Crippen molar-refractivity contribution in [3.05, 3.63) is 130 Å². The van der Waals surface area contributed by atoms with Crippen molar-refractivity contribution in [2.75, 3.05) is 23.7 Å². The van der Waals surface area contributed by atoms with E-state index in [-0.39, 0.29) is 24.6 Å². The molecule has 248 valence electrons. The number of ether oxygens (including phenoxy) is 1. The summed E-state index contributed by atoms with van der Waals surface area (Å²) in [6.45, 7) is 2.23. The maximum atomic E-state index is 14.3. The zero-order chi connectivity index (χ0) is 33.8. The average molecular weight is 697 g/mol. The first kappa shape index (κ1) is 35.8. The van der Waals surface area contributed by atoms with Gasteiger partial charge in [-0.05, 0) is 59.5 Å². The summed E-state index contributed by atoms with van der Waals surface area (Å²) in [5.41, 5.74) is 2.68. The summed E-state index contributed by atoms with van der Waals surface area (Å²) in [6, 6.07) is 29.5.